The van der Waals surface area contributed by atoms with E-state index in [1.165, 1.54) is 0 Å². The van der Waals surface area contributed by atoms with Crippen LogP contribution in [0.1, 0.15) is 5.56 Å². The number of aryl methyl sites for hydroxylation is 1. The monoisotopic (exact) mass is 294 g/mol. The first-order valence-electron chi connectivity index (χ1n) is 6.06. The van der Waals surface area contributed by atoms with Gasteiger partial charge in [0.25, 0.3) is 5.56 Å². The summed E-state index contributed by atoms with van der Waals surface area (Å²) >= 11 is 5.76. The van der Waals surface area contributed by atoms with E-state index in [4.69, 9.17) is 16.3 Å². The molecule has 0 aliphatic rings. The van der Waals surface area contributed by atoms with E-state index in [0.29, 0.717) is 24.7 Å². The predicted molar refractivity (Wildman–Crippen MR) is 77.6 cm³/mol. The van der Waals surface area contributed by atoms with E-state index in [2.05, 4.69) is 15.3 Å². The van der Waals surface area contributed by atoms with Crippen molar-refractivity contribution in [1.82, 2.24) is 14.5 Å². The average Bonchev–Trinajstić information content (AvgIpc) is 2.44. The van der Waals surface area contributed by atoms with Crippen LogP contribution in [-0.4, -0.2) is 28.3 Å². The number of nitrogens with zero attached hydrogens (tertiary/aromatic N) is 3. The van der Waals surface area contributed by atoms with Gasteiger partial charge in [0.05, 0.1) is 6.61 Å². The van der Waals surface area contributed by atoms with Crippen molar-refractivity contribution in [3.8, 4) is 0 Å². The van der Waals surface area contributed by atoms with Gasteiger partial charge in [0, 0.05) is 31.6 Å². The quantitative estimate of drug-likeness (QED) is 0.854. The molecule has 6 nitrogen and oxygen atoms in total. The van der Waals surface area contributed by atoms with Gasteiger partial charge in [0.15, 0.2) is 0 Å². The third kappa shape index (κ3) is 3.34. The molecule has 0 spiro atoms. The molecule has 0 aliphatic carbocycles. The molecule has 0 bridgehead atoms. The molecule has 20 heavy (non-hydrogen) atoms. The van der Waals surface area contributed by atoms with Crippen molar-refractivity contribution in [2.75, 3.05) is 19.0 Å². The van der Waals surface area contributed by atoms with Crippen LogP contribution in [0.5, 0.6) is 0 Å². The van der Waals surface area contributed by atoms with E-state index < -0.39 is 0 Å². The molecule has 0 amide bonds. The number of halogens is 1. The van der Waals surface area contributed by atoms with Gasteiger partial charge in [-0.1, -0.05) is 0 Å². The van der Waals surface area contributed by atoms with Crippen molar-refractivity contribution in [1.29, 1.82) is 0 Å². The van der Waals surface area contributed by atoms with E-state index in [-0.39, 0.29) is 10.8 Å². The molecule has 0 saturated heterocycles. The molecule has 0 atom stereocenters. The topological polar surface area (TPSA) is 69.0 Å². The summed E-state index contributed by atoms with van der Waals surface area (Å²) < 4.78 is 6.55. The molecule has 7 heteroatoms. The van der Waals surface area contributed by atoms with Crippen LogP contribution >= 0.6 is 11.6 Å². The van der Waals surface area contributed by atoms with Crippen LogP contribution in [0, 0.1) is 6.92 Å². The van der Waals surface area contributed by atoms with Crippen LogP contribution in [0.3, 0.4) is 0 Å². The Morgan fingerprint density at radius 1 is 1.50 bits per heavy atom. The molecule has 0 radical (unpaired) electrons. The van der Waals surface area contributed by atoms with Gasteiger partial charge in [-0.15, -0.1) is 0 Å². The van der Waals surface area contributed by atoms with Gasteiger partial charge in [-0.3, -0.25) is 4.79 Å². The van der Waals surface area contributed by atoms with Crippen molar-refractivity contribution < 1.29 is 4.74 Å². The third-order valence-electron chi connectivity index (χ3n) is 2.75. The van der Waals surface area contributed by atoms with Crippen LogP contribution in [0.2, 0.25) is 5.28 Å². The number of rotatable bonds is 5. The molecule has 0 aromatic carbocycles. The van der Waals surface area contributed by atoms with Crippen LogP contribution < -0.4 is 10.9 Å². The maximum absolute atomic E-state index is 12.2. The van der Waals surface area contributed by atoms with Gasteiger partial charge in [-0.2, -0.15) is 0 Å². The smallest absolute Gasteiger partial charge is 0.274 e. The Morgan fingerprint density at radius 2 is 2.30 bits per heavy atom. The molecule has 1 N–H and O–H groups in total. The number of hydrogen-bond acceptors (Lipinski definition) is 5. The highest BCUT2D eigenvalue weighted by Gasteiger charge is 2.07. The van der Waals surface area contributed by atoms with Crippen LogP contribution in [0.15, 0.2) is 29.3 Å². The molecule has 2 aromatic rings. The Hall–Kier alpha value is -1.92. The number of hydrogen-bond donors (Lipinski definition) is 1. The van der Waals surface area contributed by atoms with Gasteiger partial charge in [0.2, 0.25) is 5.28 Å². The SMILES string of the molecule is COCCn1cccc(Nc2nc(Cl)ncc2C)c1=O. The zero-order chi connectivity index (χ0) is 14.5. The standard InChI is InChI=1S/C13H15ClN4O2/c1-9-8-15-13(14)17-11(9)16-10-4-3-5-18(12(10)19)6-7-20-2/h3-5,8H,6-7H2,1-2H3,(H,15,16,17). The Kier molecular flexibility index (Phi) is 4.70. The average molecular weight is 295 g/mol. The van der Waals surface area contributed by atoms with Gasteiger partial charge >= 0.3 is 0 Å². The molecular weight excluding hydrogens is 280 g/mol. The summed E-state index contributed by atoms with van der Waals surface area (Å²) in [7, 11) is 1.60. The Balaban J connectivity index is 2.29. The lowest BCUT2D eigenvalue weighted by Crippen LogP contribution is -2.23. The summed E-state index contributed by atoms with van der Waals surface area (Å²) in [6.07, 6.45) is 3.32. The molecule has 0 fully saturated rings. The second-order valence-corrected chi connectivity index (χ2v) is 4.55. The first kappa shape index (κ1) is 14.5. The second-order valence-electron chi connectivity index (χ2n) is 4.21. The fourth-order valence-corrected chi connectivity index (χ4v) is 1.81. The lowest BCUT2D eigenvalue weighted by Gasteiger charge is -2.10. The van der Waals surface area contributed by atoms with E-state index in [0.717, 1.165) is 5.56 Å². The molecular formula is C13H15ClN4O2. The highest BCUT2D eigenvalue weighted by Crippen LogP contribution is 2.16. The van der Waals surface area contributed by atoms with Crippen molar-refractivity contribution in [2.24, 2.45) is 0 Å². The number of methoxy groups -OCH3 is 1. The number of pyridine rings is 1. The molecule has 2 aromatic heterocycles. The molecule has 106 valence electrons. The zero-order valence-electron chi connectivity index (χ0n) is 11.3. The Labute approximate surface area is 121 Å². The summed E-state index contributed by atoms with van der Waals surface area (Å²) in [5, 5.41) is 3.12. The predicted octanol–water partition coefficient (Wildman–Crippen LogP) is 1.99. The maximum Gasteiger partial charge on any atom is 0.274 e. The molecule has 0 saturated carbocycles. The van der Waals surface area contributed by atoms with Gasteiger partial charge in [-0.25, -0.2) is 9.97 Å². The molecule has 2 heterocycles. The van der Waals surface area contributed by atoms with Crippen LogP contribution in [0.4, 0.5) is 11.5 Å². The number of aromatic nitrogens is 3. The summed E-state index contributed by atoms with van der Waals surface area (Å²) in [6.45, 7) is 2.81. The second kappa shape index (κ2) is 6.49. The first-order chi connectivity index (χ1) is 9.61. The first-order valence-corrected chi connectivity index (χ1v) is 6.44. The Morgan fingerprint density at radius 3 is 3.05 bits per heavy atom. The minimum Gasteiger partial charge on any atom is -0.383 e. The van der Waals surface area contributed by atoms with Crippen LogP contribution in [0.25, 0.3) is 0 Å². The normalized spacial score (nSPS) is 10.6. The van der Waals surface area contributed by atoms with Crippen molar-refractivity contribution >= 4 is 23.1 Å². The summed E-state index contributed by atoms with van der Waals surface area (Å²) in [4.78, 5) is 20.2. The lowest BCUT2D eigenvalue weighted by molar-refractivity contribution is 0.186. The molecule has 0 unspecified atom stereocenters. The summed E-state index contributed by atoms with van der Waals surface area (Å²) in [5.41, 5.74) is 1.10. The fraction of sp³-hybridized carbons (Fsp3) is 0.308. The van der Waals surface area contributed by atoms with Crippen molar-refractivity contribution in [2.45, 2.75) is 13.5 Å². The summed E-state index contributed by atoms with van der Waals surface area (Å²) in [6, 6.07) is 3.48. The maximum atomic E-state index is 12.2. The fourth-order valence-electron chi connectivity index (χ4n) is 1.67. The van der Waals surface area contributed by atoms with Crippen molar-refractivity contribution in [3.63, 3.8) is 0 Å². The highest BCUT2D eigenvalue weighted by atomic mass is 35.5. The van der Waals surface area contributed by atoms with Gasteiger partial charge < -0.3 is 14.6 Å². The number of anilines is 2. The number of ether oxygens (including phenoxy) is 1. The van der Waals surface area contributed by atoms with E-state index >= 15 is 0 Å². The van der Waals surface area contributed by atoms with Crippen LogP contribution in [-0.2, 0) is 11.3 Å². The minimum atomic E-state index is -0.140. The van der Waals surface area contributed by atoms with Gasteiger partial charge in [-0.05, 0) is 30.7 Å². The molecule has 0 aliphatic heterocycles. The largest absolute Gasteiger partial charge is 0.383 e. The summed E-state index contributed by atoms with van der Waals surface area (Å²) in [5.74, 6) is 0.520. The Bertz CT molecular complexity index is 657. The zero-order valence-corrected chi connectivity index (χ0v) is 12.0. The lowest BCUT2D eigenvalue weighted by atomic mass is 10.3. The number of nitrogens with one attached hydrogen (secondary N) is 1. The van der Waals surface area contributed by atoms with Gasteiger partial charge in [0.1, 0.15) is 11.5 Å². The third-order valence-corrected chi connectivity index (χ3v) is 2.93. The highest BCUT2D eigenvalue weighted by molar-refractivity contribution is 6.28. The van der Waals surface area contributed by atoms with E-state index in [1.54, 1.807) is 36.2 Å². The minimum absolute atomic E-state index is 0.133. The van der Waals surface area contributed by atoms with E-state index in [1.807, 2.05) is 6.92 Å². The molecule has 2 rings (SSSR count). The van der Waals surface area contributed by atoms with E-state index in [9.17, 15) is 4.79 Å². The van der Waals surface area contributed by atoms with Crippen molar-refractivity contribution in [3.05, 3.63) is 45.7 Å².